The maximum Gasteiger partial charge on any atom is 0.159 e. The van der Waals surface area contributed by atoms with Crippen molar-refractivity contribution in [1.29, 1.82) is 0 Å². The van der Waals surface area contributed by atoms with Crippen molar-refractivity contribution in [3.63, 3.8) is 0 Å². The van der Waals surface area contributed by atoms with Crippen molar-refractivity contribution in [2.75, 3.05) is 9.80 Å². The van der Waals surface area contributed by atoms with E-state index in [1.165, 1.54) is 66.7 Å². The quantitative estimate of drug-likeness (QED) is 0.166. The minimum absolute atomic E-state index is 0.627. The lowest BCUT2D eigenvalue weighted by Gasteiger charge is -2.45. The fraction of sp³-hybridized carbons (Fsp3) is 0.0154. The number of furan rings is 1. The third kappa shape index (κ3) is 5.47. The molecule has 318 valence electrons. The number of fused-ring (bicyclic) bond motifs is 13. The predicted octanol–water partition coefficient (Wildman–Crippen LogP) is 17.7. The Morgan fingerprint density at radius 2 is 0.868 bits per heavy atom. The van der Waals surface area contributed by atoms with Gasteiger partial charge in [0.25, 0.3) is 0 Å². The first-order valence-corrected chi connectivity index (χ1v) is 23.4. The summed E-state index contributed by atoms with van der Waals surface area (Å²) in [7, 11) is 0. The van der Waals surface area contributed by atoms with Crippen LogP contribution in [0, 0.1) is 0 Å². The van der Waals surface area contributed by atoms with Crippen molar-refractivity contribution in [2.45, 2.75) is 5.41 Å². The van der Waals surface area contributed by atoms with Crippen molar-refractivity contribution in [1.82, 2.24) is 0 Å². The van der Waals surface area contributed by atoms with E-state index in [2.05, 4.69) is 265 Å². The van der Waals surface area contributed by atoms with E-state index < -0.39 is 5.41 Å². The molecule has 0 saturated heterocycles. The molecule has 1 spiro atoms. The largest absolute Gasteiger partial charge is 0.454 e. The highest BCUT2D eigenvalue weighted by atomic mass is 16.3. The molecule has 11 aromatic carbocycles. The van der Waals surface area contributed by atoms with Crippen molar-refractivity contribution >= 4 is 66.8 Å². The van der Waals surface area contributed by atoms with Crippen LogP contribution < -0.4 is 9.80 Å². The fourth-order valence-electron chi connectivity index (χ4n) is 11.7. The second kappa shape index (κ2) is 15.1. The molecular formula is C65H42N2O. The van der Waals surface area contributed by atoms with E-state index in [1.54, 1.807) is 0 Å². The van der Waals surface area contributed by atoms with Gasteiger partial charge in [0.05, 0.1) is 28.2 Å². The molecule has 0 bridgehead atoms. The Morgan fingerprint density at radius 3 is 1.66 bits per heavy atom. The van der Waals surface area contributed by atoms with Gasteiger partial charge in [0.2, 0.25) is 0 Å². The van der Waals surface area contributed by atoms with Gasteiger partial charge in [-0.1, -0.05) is 200 Å². The summed E-state index contributed by atoms with van der Waals surface area (Å²) in [4.78, 5) is 4.90. The SMILES string of the molecule is c1ccc(N2c3ccccc3C3(c4ccccc4-c4ccc(N(c5ccccc5-c5ccccc5-c5cccc6ccccc56)c5cccc6c5oc5ccccc56)cc43)c3ccccc32)cc1. The summed E-state index contributed by atoms with van der Waals surface area (Å²) in [6.45, 7) is 0. The van der Waals surface area contributed by atoms with Crippen molar-refractivity contribution in [2.24, 2.45) is 0 Å². The summed E-state index contributed by atoms with van der Waals surface area (Å²) in [5, 5.41) is 4.63. The summed E-state index contributed by atoms with van der Waals surface area (Å²) in [5.41, 5.74) is 19.8. The van der Waals surface area contributed by atoms with Gasteiger partial charge in [-0.05, 0) is 115 Å². The minimum Gasteiger partial charge on any atom is -0.454 e. The van der Waals surface area contributed by atoms with E-state index in [9.17, 15) is 0 Å². The molecule has 2 aliphatic rings. The molecule has 1 aliphatic heterocycles. The topological polar surface area (TPSA) is 19.6 Å². The van der Waals surface area contributed by atoms with Gasteiger partial charge in [0, 0.05) is 27.7 Å². The van der Waals surface area contributed by atoms with E-state index >= 15 is 0 Å². The van der Waals surface area contributed by atoms with Crippen LogP contribution >= 0.6 is 0 Å². The number of anilines is 6. The van der Waals surface area contributed by atoms with Gasteiger partial charge in [-0.15, -0.1) is 0 Å². The molecule has 14 rings (SSSR count). The lowest BCUT2D eigenvalue weighted by molar-refractivity contribution is 0.669. The van der Waals surface area contributed by atoms with Crippen molar-refractivity contribution in [3.8, 4) is 33.4 Å². The minimum atomic E-state index is -0.627. The maximum absolute atomic E-state index is 6.95. The Labute approximate surface area is 395 Å². The highest BCUT2D eigenvalue weighted by Crippen LogP contribution is 2.64. The van der Waals surface area contributed by atoms with Gasteiger partial charge >= 0.3 is 0 Å². The molecule has 1 aromatic heterocycles. The molecule has 68 heavy (non-hydrogen) atoms. The van der Waals surface area contributed by atoms with Gasteiger partial charge in [-0.2, -0.15) is 0 Å². The third-order valence-corrected chi connectivity index (χ3v) is 14.5. The van der Waals surface area contributed by atoms with Crippen LogP contribution in [0.3, 0.4) is 0 Å². The van der Waals surface area contributed by atoms with E-state index in [0.29, 0.717) is 0 Å². The van der Waals surface area contributed by atoms with Crippen LogP contribution in [-0.4, -0.2) is 0 Å². The van der Waals surface area contributed by atoms with Crippen LogP contribution in [0.1, 0.15) is 22.3 Å². The first-order valence-electron chi connectivity index (χ1n) is 23.4. The maximum atomic E-state index is 6.95. The number of hydrogen-bond donors (Lipinski definition) is 0. The van der Waals surface area contributed by atoms with Crippen molar-refractivity contribution in [3.05, 3.63) is 277 Å². The summed E-state index contributed by atoms with van der Waals surface area (Å²) in [6, 6.07) is 93.1. The van der Waals surface area contributed by atoms with Gasteiger partial charge in [-0.25, -0.2) is 0 Å². The first kappa shape index (κ1) is 38.4. The van der Waals surface area contributed by atoms with E-state index in [4.69, 9.17) is 4.42 Å². The highest BCUT2D eigenvalue weighted by molar-refractivity contribution is 6.11. The zero-order valence-corrected chi connectivity index (χ0v) is 37.1. The molecule has 0 radical (unpaired) electrons. The van der Waals surface area contributed by atoms with Crippen LogP contribution in [0.4, 0.5) is 34.1 Å². The number of nitrogens with zero attached hydrogens (tertiary/aromatic N) is 2. The standard InChI is InChI=1S/C65H42N2O/c1-2-22-44(23-3-1)66-60-36-15-12-33-56(60)65(57-34-13-16-37-61(57)66)55-32-11-8-27-50(55)51-41-40-45(42-58(51)65)67(62-38-19-31-54-53-29-10-17-39-63(53)68-64(54)62)59-35-14-9-28-52(59)49-26-7-6-25-48(49)47-30-18-21-43-20-4-5-24-46(43)47/h1-42H. The number of benzene rings is 11. The molecule has 0 saturated carbocycles. The van der Waals surface area contributed by atoms with Gasteiger partial charge in [0.15, 0.2) is 5.58 Å². The molecule has 0 unspecified atom stereocenters. The molecule has 12 aromatic rings. The van der Waals surface area contributed by atoms with Crippen LogP contribution in [0.2, 0.25) is 0 Å². The van der Waals surface area contributed by atoms with Gasteiger partial charge in [-0.3, -0.25) is 0 Å². The third-order valence-electron chi connectivity index (χ3n) is 14.5. The van der Waals surface area contributed by atoms with Crippen LogP contribution in [0.5, 0.6) is 0 Å². The van der Waals surface area contributed by atoms with E-state index in [1.807, 2.05) is 0 Å². The molecule has 0 N–H and O–H groups in total. The Hall–Kier alpha value is -8.92. The molecule has 3 heteroatoms. The number of para-hydroxylation sites is 6. The van der Waals surface area contributed by atoms with Crippen LogP contribution in [0.25, 0.3) is 66.1 Å². The second-order valence-electron chi connectivity index (χ2n) is 17.9. The molecule has 0 amide bonds. The van der Waals surface area contributed by atoms with Crippen LogP contribution in [-0.2, 0) is 5.41 Å². The van der Waals surface area contributed by atoms with E-state index in [-0.39, 0.29) is 0 Å². The van der Waals surface area contributed by atoms with Crippen LogP contribution in [0.15, 0.2) is 259 Å². The molecular weight excluding hydrogens is 825 g/mol. The Balaban J connectivity index is 1.06. The predicted molar refractivity (Wildman–Crippen MR) is 282 cm³/mol. The smallest absolute Gasteiger partial charge is 0.159 e. The average Bonchev–Trinajstić information content (AvgIpc) is 3.93. The zero-order valence-electron chi connectivity index (χ0n) is 37.1. The lowest BCUT2D eigenvalue weighted by Crippen LogP contribution is -2.36. The molecule has 0 atom stereocenters. The summed E-state index contributed by atoms with van der Waals surface area (Å²) < 4.78 is 6.95. The number of hydrogen-bond acceptors (Lipinski definition) is 3. The fourth-order valence-corrected chi connectivity index (χ4v) is 11.7. The average molecular weight is 867 g/mol. The molecule has 3 nitrogen and oxygen atoms in total. The number of rotatable bonds is 6. The summed E-state index contributed by atoms with van der Waals surface area (Å²) >= 11 is 0. The Morgan fingerprint density at radius 1 is 0.338 bits per heavy atom. The molecule has 0 fully saturated rings. The first-order chi connectivity index (χ1) is 33.8. The van der Waals surface area contributed by atoms with Gasteiger partial charge in [0.1, 0.15) is 5.58 Å². The zero-order chi connectivity index (χ0) is 44.8. The molecule has 2 heterocycles. The van der Waals surface area contributed by atoms with E-state index in [0.717, 1.165) is 55.8 Å². The highest BCUT2D eigenvalue weighted by Gasteiger charge is 2.52. The van der Waals surface area contributed by atoms with Gasteiger partial charge < -0.3 is 14.2 Å². The molecule has 1 aliphatic carbocycles. The second-order valence-corrected chi connectivity index (χ2v) is 17.9. The summed E-state index contributed by atoms with van der Waals surface area (Å²) in [6.07, 6.45) is 0. The summed E-state index contributed by atoms with van der Waals surface area (Å²) in [5.74, 6) is 0. The normalized spacial score (nSPS) is 13.1. The monoisotopic (exact) mass is 866 g/mol. The Kier molecular flexibility index (Phi) is 8.50. The van der Waals surface area contributed by atoms with Crippen molar-refractivity contribution < 1.29 is 4.42 Å². The Bertz CT molecular complexity index is 3900. The lowest BCUT2D eigenvalue weighted by atomic mass is 9.64.